The van der Waals surface area contributed by atoms with Crippen LogP contribution in [0.2, 0.25) is 0 Å². The molecule has 148 valence electrons. The number of amides is 1. The molecule has 1 aliphatic rings. The lowest BCUT2D eigenvalue weighted by molar-refractivity contribution is -0.120. The number of hydrogen-bond acceptors (Lipinski definition) is 3. The van der Waals surface area contributed by atoms with E-state index < -0.39 is 5.60 Å². The molecule has 0 spiro atoms. The molecule has 1 heterocycles. The maximum Gasteiger partial charge on any atom is 0.229 e. The molecule has 3 aromatic rings. The van der Waals surface area contributed by atoms with Crippen molar-refractivity contribution in [3.05, 3.63) is 65.0 Å². The average Bonchev–Trinajstić information content (AvgIpc) is 2.96. The Morgan fingerprint density at radius 2 is 2.14 bits per heavy atom. The fourth-order valence-corrected chi connectivity index (χ4v) is 3.82. The normalized spacial score (nSPS) is 16.1. The molecule has 1 aliphatic carbocycles. The molecule has 0 aliphatic heterocycles. The second-order valence-corrected chi connectivity index (χ2v) is 8.04. The summed E-state index contributed by atoms with van der Waals surface area (Å²) in [5.74, 6) is 0.190. The van der Waals surface area contributed by atoms with E-state index in [9.17, 15) is 9.90 Å². The van der Waals surface area contributed by atoms with Crippen LogP contribution in [0.1, 0.15) is 49.8 Å². The third-order valence-corrected chi connectivity index (χ3v) is 5.64. The first kappa shape index (κ1) is 19.2. The SMILES string of the molecule is [C-]#[N+]c1ccc2nc(NC(=O)C[C@@](C)(O)c3cccc(C)c3)n(C3CCC3)c2c1. The number of aryl methyl sites for hydroxylation is 1. The highest BCUT2D eigenvalue weighted by Crippen LogP contribution is 2.38. The van der Waals surface area contributed by atoms with Crippen LogP contribution in [0, 0.1) is 13.5 Å². The predicted molar refractivity (Wildman–Crippen MR) is 113 cm³/mol. The van der Waals surface area contributed by atoms with E-state index in [1.165, 1.54) is 0 Å². The van der Waals surface area contributed by atoms with Gasteiger partial charge in [0, 0.05) is 6.04 Å². The first-order valence-corrected chi connectivity index (χ1v) is 9.86. The summed E-state index contributed by atoms with van der Waals surface area (Å²) in [5, 5.41) is 13.8. The van der Waals surface area contributed by atoms with E-state index in [1.54, 1.807) is 13.0 Å². The molecule has 4 rings (SSSR count). The minimum Gasteiger partial charge on any atom is -0.385 e. The van der Waals surface area contributed by atoms with Gasteiger partial charge in [-0.2, -0.15) is 0 Å². The van der Waals surface area contributed by atoms with Crippen molar-refractivity contribution in [2.24, 2.45) is 0 Å². The van der Waals surface area contributed by atoms with E-state index in [4.69, 9.17) is 6.57 Å². The number of carbonyl (C=O) groups excluding carboxylic acids is 1. The number of anilines is 1. The number of benzene rings is 2. The Kier molecular flexibility index (Phi) is 4.85. The number of carbonyl (C=O) groups is 1. The molecule has 6 nitrogen and oxygen atoms in total. The van der Waals surface area contributed by atoms with Gasteiger partial charge in [0.1, 0.15) is 0 Å². The molecule has 1 aromatic heterocycles. The van der Waals surface area contributed by atoms with Crippen molar-refractivity contribution < 1.29 is 9.90 Å². The van der Waals surface area contributed by atoms with Gasteiger partial charge >= 0.3 is 0 Å². The summed E-state index contributed by atoms with van der Waals surface area (Å²) in [6, 6.07) is 13.2. The molecule has 1 amide bonds. The molecule has 1 saturated carbocycles. The second kappa shape index (κ2) is 7.34. The maximum absolute atomic E-state index is 12.8. The smallest absolute Gasteiger partial charge is 0.229 e. The molecule has 0 radical (unpaired) electrons. The molecule has 0 bridgehead atoms. The lowest BCUT2D eigenvalue weighted by Gasteiger charge is -2.29. The summed E-state index contributed by atoms with van der Waals surface area (Å²) in [6.07, 6.45) is 3.12. The highest BCUT2D eigenvalue weighted by molar-refractivity contribution is 5.93. The van der Waals surface area contributed by atoms with Crippen molar-refractivity contribution in [1.29, 1.82) is 0 Å². The van der Waals surface area contributed by atoms with E-state index in [0.29, 0.717) is 17.2 Å². The van der Waals surface area contributed by atoms with Crippen molar-refractivity contribution in [2.45, 2.75) is 51.2 Å². The van der Waals surface area contributed by atoms with Crippen LogP contribution in [0.15, 0.2) is 42.5 Å². The Morgan fingerprint density at radius 3 is 2.79 bits per heavy atom. The number of nitrogens with one attached hydrogen (secondary N) is 1. The van der Waals surface area contributed by atoms with Gasteiger partial charge in [-0.1, -0.05) is 35.9 Å². The molecule has 0 saturated heterocycles. The number of imidazole rings is 1. The number of fused-ring (bicyclic) bond motifs is 1. The summed E-state index contributed by atoms with van der Waals surface area (Å²) in [6.45, 7) is 10.9. The third kappa shape index (κ3) is 3.74. The van der Waals surface area contributed by atoms with Crippen LogP contribution in [0.4, 0.5) is 11.6 Å². The zero-order chi connectivity index (χ0) is 20.6. The molecule has 29 heavy (non-hydrogen) atoms. The van der Waals surface area contributed by atoms with Gasteiger partial charge in [0.15, 0.2) is 5.69 Å². The van der Waals surface area contributed by atoms with Crippen molar-refractivity contribution in [3.63, 3.8) is 0 Å². The van der Waals surface area contributed by atoms with Crippen LogP contribution in [0.3, 0.4) is 0 Å². The first-order chi connectivity index (χ1) is 13.9. The molecule has 0 unspecified atom stereocenters. The molecule has 1 atom stereocenters. The van der Waals surface area contributed by atoms with E-state index in [1.807, 2.05) is 47.9 Å². The van der Waals surface area contributed by atoms with Gasteiger partial charge < -0.3 is 9.67 Å². The van der Waals surface area contributed by atoms with Crippen LogP contribution in [-0.2, 0) is 10.4 Å². The van der Waals surface area contributed by atoms with Crippen molar-refractivity contribution in [1.82, 2.24) is 9.55 Å². The summed E-state index contributed by atoms with van der Waals surface area (Å²) in [4.78, 5) is 20.9. The highest BCUT2D eigenvalue weighted by Gasteiger charge is 2.29. The van der Waals surface area contributed by atoms with Crippen LogP contribution >= 0.6 is 0 Å². The minimum absolute atomic E-state index is 0.0718. The molecule has 2 N–H and O–H groups in total. The van der Waals surface area contributed by atoms with Gasteiger partial charge in [-0.05, 0) is 50.8 Å². The lowest BCUT2D eigenvalue weighted by Crippen LogP contribution is -2.30. The molecular weight excluding hydrogens is 364 g/mol. The largest absolute Gasteiger partial charge is 0.385 e. The van der Waals surface area contributed by atoms with Crippen LogP contribution in [-0.4, -0.2) is 20.6 Å². The van der Waals surface area contributed by atoms with Gasteiger partial charge in [0.05, 0.1) is 29.6 Å². The fraction of sp³-hybridized carbons (Fsp3) is 0.348. The zero-order valence-electron chi connectivity index (χ0n) is 16.6. The van der Waals surface area contributed by atoms with E-state index in [2.05, 4.69) is 15.1 Å². The molecule has 1 fully saturated rings. The lowest BCUT2D eigenvalue weighted by atomic mass is 9.91. The first-order valence-electron chi connectivity index (χ1n) is 9.86. The number of aliphatic hydroxyl groups is 1. The van der Waals surface area contributed by atoms with Gasteiger partial charge in [-0.25, -0.2) is 9.83 Å². The van der Waals surface area contributed by atoms with Crippen LogP contribution < -0.4 is 5.32 Å². The molecular formula is C23H24N4O2. The minimum atomic E-state index is -1.28. The number of nitrogens with zero attached hydrogens (tertiary/aromatic N) is 3. The van der Waals surface area contributed by atoms with E-state index in [0.717, 1.165) is 35.9 Å². The van der Waals surface area contributed by atoms with Crippen molar-refractivity contribution >= 4 is 28.6 Å². The topological polar surface area (TPSA) is 71.5 Å². The standard InChI is InChI=1S/C23H24N4O2/c1-15-6-4-7-16(12-15)23(2,29)14-21(28)26-22-25-19-11-10-17(24-3)13-20(19)27(22)18-8-5-9-18/h4,6-7,10-13,18,29H,5,8-9,14H2,1-2H3,(H,25,26,28)/t23-/m1/s1. The summed E-state index contributed by atoms with van der Waals surface area (Å²) < 4.78 is 2.03. The third-order valence-electron chi connectivity index (χ3n) is 5.64. The summed E-state index contributed by atoms with van der Waals surface area (Å²) in [7, 11) is 0. The van der Waals surface area contributed by atoms with Gasteiger partial charge in [-0.3, -0.25) is 10.1 Å². The Morgan fingerprint density at radius 1 is 1.34 bits per heavy atom. The quantitative estimate of drug-likeness (QED) is 0.613. The van der Waals surface area contributed by atoms with Gasteiger partial charge in [0.25, 0.3) is 0 Å². The van der Waals surface area contributed by atoms with Gasteiger partial charge in [-0.15, -0.1) is 0 Å². The van der Waals surface area contributed by atoms with Crippen LogP contribution in [0.5, 0.6) is 0 Å². The number of hydrogen-bond donors (Lipinski definition) is 2. The fourth-order valence-electron chi connectivity index (χ4n) is 3.82. The Hall–Kier alpha value is -3.17. The van der Waals surface area contributed by atoms with Gasteiger partial charge in [0.2, 0.25) is 11.9 Å². The summed E-state index contributed by atoms with van der Waals surface area (Å²) >= 11 is 0. The van der Waals surface area contributed by atoms with Crippen LogP contribution in [0.25, 0.3) is 15.9 Å². The zero-order valence-corrected chi connectivity index (χ0v) is 16.6. The predicted octanol–water partition coefficient (Wildman–Crippen LogP) is 4.86. The molecule has 6 heteroatoms. The highest BCUT2D eigenvalue weighted by atomic mass is 16.3. The monoisotopic (exact) mass is 388 g/mol. The number of aromatic nitrogens is 2. The Balaban J connectivity index is 1.62. The second-order valence-electron chi connectivity index (χ2n) is 8.04. The number of rotatable bonds is 5. The van der Waals surface area contributed by atoms with Crippen molar-refractivity contribution in [3.8, 4) is 0 Å². The van der Waals surface area contributed by atoms with E-state index >= 15 is 0 Å². The maximum atomic E-state index is 12.8. The average molecular weight is 388 g/mol. The van der Waals surface area contributed by atoms with E-state index in [-0.39, 0.29) is 18.4 Å². The Bertz CT molecular complexity index is 1120. The van der Waals surface area contributed by atoms with Crippen molar-refractivity contribution in [2.75, 3.05) is 5.32 Å². The Labute approximate surface area is 170 Å². The summed E-state index contributed by atoms with van der Waals surface area (Å²) in [5.41, 5.74) is 2.64. The molecule has 2 aromatic carbocycles.